The fraction of sp³-hybridized carbons (Fsp3) is 0.250. The van der Waals surface area contributed by atoms with Crippen LogP contribution in [0.25, 0.3) is 0 Å². The van der Waals surface area contributed by atoms with E-state index in [-0.39, 0.29) is 10.3 Å². The molecule has 0 amide bonds. The van der Waals surface area contributed by atoms with E-state index in [0.29, 0.717) is 6.42 Å². The highest BCUT2D eigenvalue weighted by atomic mass is 35.5. The summed E-state index contributed by atoms with van der Waals surface area (Å²) in [7, 11) is -3.60. The topological polar surface area (TPSA) is 74.8 Å². The minimum Gasteiger partial charge on any atom is -0.284 e. The Labute approximate surface area is 116 Å². The molecule has 19 heavy (non-hydrogen) atoms. The highest BCUT2D eigenvalue weighted by Gasteiger charge is 2.34. The largest absolute Gasteiger partial charge is 0.284 e. The highest BCUT2D eigenvalue weighted by molar-refractivity contribution is 7.89. The van der Waals surface area contributed by atoms with E-state index in [2.05, 4.69) is 14.9 Å². The maximum absolute atomic E-state index is 12.2. The van der Waals surface area contributed by atoms with Crippen LogP contribution in [0.2, 0.25) is 0 Å². The number of alkyl halides is 1. The van der Waals surface area contributed by atoms with Crippen LogP contribution in [0, 0.1) is 0 Å². The summed E-state index contributed by atoms with van der Waals surface area (Å²) in [4.78, 5) is 0.112. The van der Waals surface area contributed by atoms with Gasteiger partial charge >= 0.3 is 0 Å². The predicted molar refractivity (Wildman–Crippen MR) is 71.4 cm³/mol. The first-order valence-electron chi connectivity index (χ1n) is 5.81. The Hall–Kier alpha value is -1.37. The van der Waals surface area contributed by atoms with Crippen molar-refractivity contribution >= 4 is 21.6 Å². The fourth-order valence-electron chi connectivity index (χ4n) is 2.30. The molecule has 1 aliphatic rings. The zero-order valence-corrected chi connectivity index (χ0v) is 11.4. The Morgan fingerprint density at radius 1 is 1.37 bits per heavy atom. The number of rotatable bonds is 3. The molecule has 1 heterocycles. The predicted octanol–water partition coefficient (Wildman–Crippen LogP) is 1.59. The second-order valence-electron chi connectivity index (χ2n) is 4.45. The molecule has 5 nitrogen and oxygen atoms in total. The van der Waals surface area contributed by atoms with Gasteiger partial charge in [0.25, 0.3) is 0 Å². The van der Waals surface area contributed by atoms with E-state index in [9.17, 15) is 8.42 Å². The number of nitrogens with zero attached hydrogens (tertiary/aromatic N) is 1. The van der Waals surface area contributed by atoms with E-state index in [1.54, 1.807) is 0 Å². The number of sulfonamides is 1. The van der Waals surface area contributed by atoms with Crippen LogP contribution in [0.15, 0.2) is 41.6 Å². The maximum atomic E-state index is 12.2. The van der Waals surface area contributed by atoms with Gasteiger partial charge in [-0.05, 0) is 17.5 Å². The van der Waals surface area contributed by atoms with Crippen molar-refractivity contribution in [1.29, 1.82) is 0 Å². The minimum absolute atomic E-state index is 0.112. The Kier molecular flexibility index (Phi) is 3.08. The van der Waals surface area contributed by atoms with E-state index < -0.39 is 16.1 Å². The average molecular weight is 298 g/mol. The summed E-state index contributed by atoms with van der Waals surface area (Å²) in [6.07, 6.45) is 3.27. The number of H-pyrrole nitrogens is 1. The van der Waals surface area contributed by atoms with Gasteiger partial charge in [0, 0.05) is 6.20 Å². The van der Waals surface area contributed by atoms with E-state index in [1.807, 2.05) is 24.3 Å². The normalized spacial score (nSPS) is 22.4. The van der Waals surface area contributed by atoms with E-state index in [0.717, 1.165) is 11.1 Å². The van der Waals surface area contributed by atoms with Crippen molar-refractivity contribution in [3.63, 3.8) is 0 Å². The van der Waals surface area contributed by atoms with Crippen LogP contribution in [-0.4, -0.2) is 24.0 Å². The number of halogens is 1. The Morgan fingerprint density at radius 3 is 2.89 bits per heavy atom. The Balaban J connectivity index is 1.92. The Morgan fingerprint density at radius 2 is 2.16 bits per heavy atom. The van der Waals surface area contributed by atoms with Crippen molar-refractivity contribution < 1.29 is 8.42 Å². The monoisotopic (exact) mass is 297 g/mol. The highest BCUT2D eigenvalue weighted by Crippen LogP contribution is 2.35. The summed E-state index contributed by atoms with van der Waals surface area (Å²) >= 11 is 6.26. The van der Waals surface area contributed by atoms with Gasteiger partial charge < -0.3 is 0 Å². The summed E-state index contributed by atoms with van der Waals surface area (Å²) in [6, 6.07) is 7.28. The molecule has 0 fully saturated rings. The average Bonchev–Trinajstić information content (AvgIpc) is 2.99. The van der Waals surface area contributed by atoms with Gasteiger partial charge in [0.05, 0.1) is 17.6 Å². The van der Waals surface area contributed by atoms with Crippen molar-refractivity contribution in [2.75, 3.05) is 0 Å². The molecule has 3 rings (SSSR count). The quantitative estimate of drug-likeness (QED) is 0.845. The van der Waals surface area contributed by atoms with Gasteiger partial charge in [0.15, 0.2) is 0 Å². The zero-order chi connectivity index (χ0) is 13.5. The third kappa shape index (κ3) is 2.27. The van der Waals surface area contributed by atoms with Crippen LogP contribution in [0.1, 0.15) is 17.2 Å². The number of aromatic amines is 1. The number of fused-ring (bicyclic) bond motifs is 1. The molecule has 1 aliphatic carbocycles. The number of nitrogens with one attached hydrogen (secondary N) is 2. The van der Waals surface area contributed by atoms with Gasteiger partial charge in [-0.15, -0.1) is 11.6 Å². The van der Waals surface area contributed by atoms with Crippen molar-refractivity contribution in [3.8, 4) is 0 Å². The molecule has 7 heteroatoms. The summed E-state index contributed by atoms with van der Waals surface area (Å²) in [5, 5.41) is 5.86. The SMILES string of the molecule is O=S(=O)(NC1c2ccccc2CC1Cl)c1cn[nH]c1. The smallest absolute Gasteiger partial charge is 0.244 e. The lowest BCUT2D eigenvalue weighted by Crippen LogP contribution is -2.31. The summed E-state index contributed by atoms with van der Waals surface area (Å²) < 4.78 is 27.0. The first-order chi connectivity index (χ1) is 9.08. The van der Waals surface area contributed by atoms with Crippen molar-refractivity contribution in [2.24, 2.45) is 0 Å². The molecule has 2 N–H and O–H groups in total. The second-order valence-corrected chi connectivity index (χ2v) is 6.73. The molecular weight excluding hydrogens is 286 g/mol. The van der Waals surface area contributed by atoms with Crippen LogP contribution in [0.3, 0.4) is 0 Å². The first kappa shape index (κ1) is 12.7. The summed E-state index contributed by atoms with van der Waals surface area (Å²) in [5.74, 6) is 0. The lowest BCUT2D eigenvalue weighted by Gasteiger charge is -2.16. The maximum Gasteiger partial charge on any atom is 0.244 e. The van der Waals surface area contributed by atoms with Crippen LogP contribution in [0.4, 0.5) is 0 Å². The lowest BCUT2D eigenvalue weighted by molar-refractivity contribution is 0.556. The van der Waals surface area contributed by atoms with Crippen LogP contribution in [0.5, 0.6) is 0 Å². The van der Waals surface area contributed by atoms with Crippen LogP contribution < -0.4 is 4.72 Å². The molecule has 1 aromatic heterocycles. The standard InChI is InChI=1S/C12H12ClN3O2S/c13-11-5-8-3-1-2-4-10(8)12(11)16-19(17,18)9-6-14-15-7-9/h1-4,6-7,11-12,16H,5H2,(H,14,15). The molecular formula is C12H12ClN3O2S. The molecule has 0 radical (unpaired) electrons. The van der Waals surface area contributed by atoms with Gasteiger partial charge in [-0.1, -0.05) is 24.3 Å². The van der Waals surface area contributed by atoms with E-state index in [4.69, 9.17) is 11.6 Å². The molecule has 2 unspecified atom stereocenters. The number of hydrogen-bond donors (Lipinski definition) is 2. The molecule has 0 saturated heterocycles. The van der Waals surface area contributed by atoms with Gasteiger partial charge in [-0.25, -0.2) is 13.1 Å². The fourth-order valence-corrected chi connectivity index (χ4v) is 3.91. The summed E-state index contributed by atoms with van der Waals surface area (Å²) in [6.45, 7) is 0. The third-order valence-corrected chi connectivity index (χ3v) is 5.05. The molecule has 0 aliphatic heterocycles. The van der Waals surface area contributed by atoms with Gasteiger partial charge in [0.2, 0.25) is 10.0 Å². The van der Waals surface area contributed by atoms with Crippen molar-refractivity contribution in [3.05, 3.63) is 47.8 Å². The van der Waals surface area contributed by atoms with Crippen molar-refractivity contribution in [2.45, 2.75) is 22.7 Å². The molecule has 0 spiro atoms. The number of benzene rings is 1. The third-order valence-electron chi connectivity index (χ3n) is 3.23. The van der Waals surface area contributed by atoms with Crippen LogP contribution in [-0.2, 0) is 16.4 Å². The first-order valence-corrected chi connectivity index (χ1v) is 7.73. The lowest BCUT2D eigenvalue weighted by atomic mass is 10.1. The van der Waals surface area contributed by atoms with Gasteiger partial charge in [-0.2, -0.15) is 5.10 Å². The molecule has 100 valence electrons. The molecule has 0 saturated carbocycles. The number of aromatic nitrogens is 2. The molecule has 2 atom stereocenters. The zero-order valence-electron chi connectivity index (χ0n) is 9.88. The van der Waals surface area contributed by atoms with Gasteiger partial charge in [-0.3, -0.25) is 5.10 Å². The minimum atomic E-state index is -3.60. The molecule has 2 aromatic rings. The second kappa shape index (κ2) is 4.63. The molecule has 1 aromatic carbocycles. The Bertz CT molecular complexity index is 685. The van der Waals surface area contributed by atoms with Crippen molar-refractivity contribution in [1.82, 2.24) is 14.9 Å². The molecule has 0 bridgehead atoms. The van der Waals surface area contributed by atoms with E-state index >= 15 is 0 Å². The van der Waals surface area contributed by atoms with Crippen LogP contribution >= 0.6 is 11.6 Å². The van der Waals surface area contributed by atoms with E-state index in [1.165, 1.54) is 12.4 Å². The van der Waals surface area contributed by atoms with Gasteiger partial charge in [0.1, 0.15) is 4.90 Å². The summed E-state index contributed by atoms with van der Waals surface area (Å²) in [5.41, 5.74) is 2.02. The number of hydrogen-bond acceptors (Lipinski definition) is 3.